The molecule has 2 heterocycles. The molecule has 0 aliphatic heterocycles. The molecule has 2 aromatic heterocycles. The van der Waals surface area contributed by atoms with Gasteiger partial charge in [-0.25, -0.2) is 9.37 Å². The van der Waals surface area contributed by atoms with Crippen LogP contribution >= 0.6 is 11.3 Å². The van der Waals surface area contributed by atoms with E-state index in [1.54, 1.807) is 24.5 Å². The number of aromatic nitrogens is 1. The highest BCUT2D eigenvalue weighted by atomic mass is 32.1. The molecule has 130 valence electrons. The maximum atomic E-state index is 13.6. The van der Waals surface area contributed by atoms with Crippen LogP contribution in [0.15, 0.2) is 65.3 Å². The Hall–Kier alpha value is -2.99. The van der Waals surface area contributed by atoms with E-state index < -0.39 is 5.82 Å². The van der Waals surface area contributed by atoms with Gasteiger partial charge in [-0.05, 0) is 55.0 Å². The van der Waals surface area contributed by atoms with Gasteiger partial charge in [-0.3, -0.25) is 9.69 Å². The summed E-state index contributed by atoms with van der Waals surface area (Å²) in [6.07, 6.45) is 1.56. The second kappa shape index (κ2) is 6.72. The summed E-state index contributed by atoms with van der Waals surface area (Å²) >= 11 is 1.43. The van der Waals surface area contributed by atoms with E-state index in [-0.39, 0.29) is 18.0 Å². The average Bonchev–Trinajstić information content (AvgIpc) is 3.28. The molecule has 0 fully saturated rings. The second-order valence-electron chi connectivity index (χ2n) is 5.95. The lowest BCUT2D eigenvalue weighted by molar-refractivity contribution is 0.0983. The Morgan fingerprint density at radius 3 is 2.85 bits per heavy atom. The molecule has 0 bridgehead atoms. The summed E-state index contributed by atoms with van der Waals surface area (Å²) in [7, 11) is 0. The SMILES string of the molecule is Cc1ccc2nc(N(Cc3ccco3)C(=O)c3cccc(F)c3)sc2c1. The van der Waals surface area contributed by atoms with Gasteiger partial charge in [-0.15, -0.1) is 0 Å². The molecule has 0 saturated carbocycles. The number of thiazole rings is 1. The topological polar surface area (TPSA) is 46.3 Å². The van der Waals surface area contributed by atoms with E-state index in [0.717, 1.165) is 15.8 Å². The molecule has 0 unspecified atom stereocenters. The van der Waals surface area contributed by atoms with Crippen molar-refractivity contribution >= 4 is 32.6 Å². The number of anilines is 1. The van der Waals surface area contributed by atoms with Crippen LogP contribution in [0.25, 0.3) is 10.2 Å². The Morgan fingerprint density at radius 2 is 2.08 bits per heavy atom. The molecule has 2 aromatic carbocycles. The molecule has 0 N–H and O–H groups in total. The lowest BCUT2D eigenvalue weighted by Crippen LogP contribution is -2.30. The Morgan fingerprint density at radius 1 is 1.19 bits per heavy atom. The summed E-state index contributed by atoms with van der Waals surface area (Å²) < 4.78 is 20.0. The minimum Gasteiger partial charge on any atom is -0.467 e. The van der Waals surface area contributed by atoms with Gasteiger partial charge in [0.05, 0.1) is 23.0 Å². The number of furan rings is 1. The molecule has 4 rings (SSSR count). The van der Waals surface area contributed by atoms with Crippen molar-refractivity contribution in [2.45, 2.75) is 13.5 Å². The zero-order valence-corrected chi connectivity index (χ0v) is 14.8. The molecule has 0 aliphatic rings. The summed E-state index contributed by atoms with van der Waals surface area (Å²) in [5, 5.41) is 0.552. The number of carbonyl (C=O) groups is 1. The lowest BCUT2D eigenvalue weighted by atomic mass is 10.2. The maximum Gasteiger partial charge on any atom is 0.260 e. The molecule has 0 radical (unpaired) electrons. The first kappa shape index (κ1) is 16.5. The van der Waals surface area contributed by atoms with Crippen LogP contribution in [0.2, 0.25) is 0 Å². The quantitative estimate of drug-likeness (QED) is 0.500. The minimum atomic E-state index is -0.450. The first-order valence-corrected chi connectivity index (χ1v) is 8.89. The molecule has 26 heavy (non-hydrogen) atoms. The Labute approximate surface area is 153 Å². The minimum absolute atomic E-state index is 0.223. The van der Waals surface area contributed by atoms with E-state index in [2.05, 4.69) is 4.98 Å². The second-order valence-corrected chi connectivity index (χ2v) is 6.96. The van der Waals surface area contributed by atoms with Crippen LogP contribution in [0.5, 0.6) is 0 Å². The maximum absolute atomic E-state index is 13.6. The zero-order chi connectivity index (χ0) is 18.1. The molecule has 6 heteroatoms. The summed E-state index contributed by atoms with van der Waals surface area (Å²) in [5.41, 5.74) is 2.22. The highest BCUT2D eigenvalue weighted by Crippen LogP contribution is 2.31. The molecule has 4 nitrogen and oxygen atoms in total. The third-order valence-corrected chi connectivity index (χ3v) is 5.02. The van der Waals surface area contributed by atoms with Gasteiger partial charge in [0.2, 0.25) is 0 Å². The number of fused-ring (bicyclic) bond motifs is 1. The Bertz CT molecular complexity index is 1070. The van der Waals surface area contributed by atoms with E-state index in [9.17, 15) is 9.18 Å². The number of rotatable bonds is 4. The van der Waals surface area contributed by atoms with Crippen LogP contribution in [0, 0.1) is 12.7 Å². The highest BCUT2D eigenvalue weighted by Gasteiger charge is 2.23. The van der Waals surface area contributed by atoms with Crippen molar-refractivity contribution < 1.29 is 13.6 Å². The monoisotopic (exact) mass is 366 g/mol. The van der Waals surface area contributed by atoms with Crippen LogP contribution in [0.4, 0.5) is 9.52 Å². The van der Waals surface area contributed by atoms with Gasteiger partial charge in [0, 0.05) is 5.56 Å². The fourth-order valence-corrected chi connectivity index (χ4v) is 3.76. The zero-order valence-electron chi connectivity index (χ0n) is 14.0. The van der Waals surface area contributed by atoms with E-state index in [1.165, 1.54) is 34.4 Å². The fourth-order valence-electron chi connectivity index (χ4n) is 2.70. The third kappa shape index (κ3) is 3.23. The first-order valence-electron chi connectivity index (χ1n) is 8.07. The van der Waals surface area contributed by atoms with Crippen molar-refractivity contribution in [2.75, 3.05) is 4.90 Å². The number of nitrogens with zero attached hydrogens (tertiary/aromatic N) is 2. The number of amides is 1. The largest absolute Gasteiger partial charge is 0.467 e. The molecule has 0 spiro atoms. The van der Waals surface area contributed by atoms with Crippen LogP contribution in [-0.4, -0.2) is 10.9 Å². The highest BCUT2D eigenvalue weighted by molar-refractivity contribution is 7.22. The lowest BCUT2D eigenvalue weighted by Gasteiger charge is -2.18. The Balaban J connectivity index is 1.77. The van der Waals surface area contributed by atoms with E-state index in [0.29, 0.717) is 10.9 Å². The number of aryl methyl sites for hydroxylation is 1. The van der Waals surface area contributed by atoms with Crippen molar-refractivity contribution in [3.8, 4) is 0 Å². The summed E-state index contributed by atoms with van der Waals surface area (Å²) in [6, 6.07) is 15.2. The van der Waals surface area contributed by atoms with Gasteiger partial charge in [-0.1, -0.05) is 23.5 Å². The van der Waals surface area contributed by atoms with E-state index in [4.69, 9.17) is 4.42 Å². The summed E-state index contributed by atoms with van der Waals surface area (Å²) in [4.78, 5) is 19.2. The number of benzene rings is 2. The molecule has 0 atom stereocenters. The average molecular weight is 366 g/mol. The van der Waals surface area contributed by atoms with Gasteiger partial charge < -0.3 is 4.42 Å². The molecule has 0 saturated heterocycles. The van der Waals surface area contributed by atoms with E-state index >= 15 is 0 Å². The van der Waals surface area contributed by atoms with Crippen LogP contribution in [0.1, 0.15) is 21.7 Å². The molecule has 4 aromatic rings. The molecular weight excluding hydrogens is 351 g/mol. The van der Waals surface area contributed by atoms with Gasteiger partial charge in [0.25, 0.3) is 5.91 Å². The van der Waals surface area contributed by atoms with Crippen molar-refractivity contribution in [3.63, 3.8) is 0 Å². The first-order chi connectivity index (χ1) is 12.6. The van der Waals surface area contributed by atoms with Gasteiger partial charge >= 0.3 is 0 Å². The predicted molar refractivity (Wildman–Crippen MR) is 100.0 cm³/mol. The van der Waals surface area contributed by atoms with Gasteiger partial charge in [-0.2, -0.15) is 0 Å². The van der Waals surface area contributed by atoms with Crippen LogP contribution in [0.3, 0.4) is 0 Å². The predicted octanol–water partition coefficient (Wildman–Crippen LogP) is 5.18. The van der Waals surface area contributed by atoms with Crippen molar-refractivity contribution in [1.29, 1.82) is 0 Å². The Kier molecular flexibility index (Phi) is 4.26. The summed E-state index contributed by atoms with van der Waals surface area (Å²) in [6.45, 7) is 2.23. The van der Waals surface area contributed by atoms with Gasteiger partial charge in [0.1, 0.15) is 11.6 Å². The molecular formula is C20H15FN2O2S. The number of hydrogen-bond acceptors (Lipinski definition) is 4. The normalized spacial score (nSPS) is 11.0. The van der Waals surface area contributed by atoms with Crippen molar-refractivity contribution in [2.24, 2.45) is 0 Å². The smallest absolute Gasteiger partial charge is 0.260 e. The number of carbonyl (C=O) groups excluding carboxylic acids is 1. The third-order valence-electron chi connectivity index (χ3n) is 3.97. The number of hydrogen-bond donors (Lipinski definition) is 0. The molecule has 0 aliphatic carbocycles. The van der Waals surface area contributed by atoms with Crippen LogP contribution in [-0.2, 0) is 6.54 Å². The standard InChI is InChI=1S/C20H15FN2O2S/c1-13-7-8-17-18(10-13)26-20(22-17)23(12-16-6-3-9-25-16)19(24)14-4-2-5-15(21)11-14/h2-11H,12H2,1H3. The van der Waals surface area contributed by atoms with Crippen molar-refractivity contribution in [3.05, 3.63) is 83.6 Å². The van der Waals surface area contributed by atoms with Crippen molar-refractivity contribution in [1.82, 2.24) is 4.98 Å². The molecule has 1 amide bonds. The summed E-state index contributed by atoms with van der Waals surface area (Å²) in [5.74, 6) is -0.143. The van der Waals surface area contributed by atoms with Gasteiger partial charge in [0.15, 0.2) is 5.13 Å². The number of halogens is 1. The van der Waals surface area contributed by atoms with Crippen LogP contribution < -0.4 is 4.90 Å². The van der Waals surface area contributed by atoms with E-state index in [1.807, 2.05) is 25.1 Å². The fraction of sp³-hybridized carbons (Fsp3) is 0.100.